The van der Waals surface area contributed by atoms with E-state index in [0.717, 1.165) is 5.69 Å². The van der Waals surface area contributed by atoms with Gasteiger partial charge in [0.15, 0.2) is 0 Å². The number of methoxy groups -OCH3 is 1. The number of nitrogens with zero attached hydrogens (tertiary/aromatic N) is 2. The highest BCUT2D eigenvalue weighted by atomic mass is 32.2. The molecule has 1 heterocycles. The molecule has 0 N–H and O–H groups in total. The van der Waals surface area contributed by atoms with Crippen LogP contribution >= 0.6 is 11.8 Å². The number of anilines is 2. The third-order valence-electron chi connectivity index (χ3n) is 4.29. The molecule has 1 atom stereocenters. The van der Waals surface area contributed by atoms with Crippen LogP contribution in [0.4, 0.5) is 11.4 Å². The predicted molar refractivity (Wildman–Crippen MR) is 105 cm³/mol. The average molecular weight is 384 g/mol. The molecule has 1 saturated heterocycles. The molecule has 0 spiro atoms. The summed E-state index contributed by atoms with van der Waals surface area (Å²) in [7, 11) is 5.16. The lowest BCUT2D eigenvalue weighted by atomic mass is 10.2. The number of amides is 2. The van der Waals surface area contributed by atoms with Crippen LogP contribution in [0, 0.1) is 0 Å². The fourth-order valence-corrected chi connectivity index (χ4v) is 4.04. The topological polar surface area (TPSA) is 66.9 Å². The van der Waals surface area contributed by atoms with Crippen molar-refractivity contribution in [3.63, 3.8) is 0 Å². The smallest absolute Gasteiger partial charge is 0.338 e. The number of thioether (sulfide) groups is 1. The van der Waals surface area contributed by atoms with Crippen LogP contribution in [0.1, 0.15) is 16.8 Å². The minimum Gasteiger partial charge on any atom is -0.465 e. The summed E-state index contributed by atoms with van der Waals surface area (Å²) in [4.78, 5) is 41.0. The quantitative estimate of drug-likeness (QED) is 0.583. The second kappa shape index (κ2) is 7.84. The predicted octanol–water partition coefficient (Wildman–Crippen LogP) is 2.96. The zero-order chi connectivity index (χ0) is 19.6. The molecule has 0 aromatic heterocycles. The molecule has 1 fully saturated rings. The highest BCUT2D eigenvalue weighted by Gasteiger charge is 2.40. The number of rotatable bonds is 5. The Morgan fingerprint density at radius 3 is 2.41 bits per heavy atom. The van der Waals surface area contributed by atoms with Crippen molar-refractivity contribution in [3.05, 3.63) is 54.1 Å². The normalized spacial score (nSPS) is 16.6. The average Bonchev–Trinajstić information content (AvgIpc) is 2.95. The highest BCUT2D eigenvalue weighted by molar-refractivity contribution is 8.00. The van der Waals surface area contributed by atoms with Gasteiger partial charge in [0, 0.05) is 31.1 Å². The van der Waals surface area contributed by atoms with Crippen LogP contribution in [-0.2, 0) is 14.3 Å². The molecule has 3 rings (SSSR count). The number of ether oxygens (including phenoxy) is 1. The molecule has 2 aromatic carbocycles. The van der Waals surface area contributed by atoms with Gasteiger partial charge >= 0.3 is 5.97 Å². The summed E-state index contributed by atoms with van der Waals surface area (Å²) in [5, 5.41) is -0.572. The molecule has 2 aromatic rings. The van der Waals surface area contributed by atoms with Crippen molar-refractivity contribution in [2.24, 2.45) is 0 Å². The lowest BCUT2D eigenvalue weighted by molar-refractivity contribution is -0.121. The van der Waals surface area contributed by atoms with E-state index in [1.807, 2.05) is 31.1 Å². The molecule has 1 unspecified atom stereocenters. The van der Waals surface area contributed by atoms with Crippen molar-refractivity contribution in [2.45, 2.75) is 16.6 Å². The van der Waals surface area contributed by atoms with Gasteiger partial charge in [-0.15, -0.1) is 11.8 Å². The number of hydrogen-bond acceptors (Lipinski definition) is 6. The number of carbonyl (C=O) groups excluding carboxylic acids is 3. The molecule has 0 bridgehead atoms. The van der Waals surface area contributed by atoms with E-state index in [1.54, 1.807) is 36.4 Å². The zero-order valence-corrected chi connectivity index (χ0v) is 16.2. The number of imide groups is 1. The van der Waals surface area contributed by atoms with Crippen LogP contribution in [0.25, 0.3) is 0 Å². The Kier molecular flexibility index (Phi) is 5.51. The Balaban J connectivity index is 1.82. The van der Waals surface area contributed by atoms with E-state index in [0.29, 0.717) is 16.1 Å². The van der Waals surface area contributed by atoms with E-state index >= 15 is 0 Å². The SMILES string of the molecule is COC(=O)c1ccccc1SC1CC(=O)N(c2ccc(N(C)C)cc2)C1=O. The van der Waals surface area contributed by atoms with Gasteiger partial charge in [0.05, 0.1) is 23.6 Å². The first-order chi connectivity index (χ1) is 12.9. The number of carbonyl (C=O) groups is 3. The standard InChI is InChI=1S/C20H20N2O4S/c1-21(2)13-8-10-14(11-9-13)22-18(23)12-17(19(22)24)27-16-7-5-4-6-15(16)20(25)26-3/h4-11,17H,12H2,1-3H3. The Bertz CT molecular complexity index is 880. The first-order valence-electron chi connectivity index (χ1n) is 8.40. The summed E-state index contributed by atoms with van der Waals surface area (Å²) in [6, 6.07) is 14.2. The van der Waals surface area contributed by atoms with Gasteiger partial charge in [-0.2, -0.15) is 0 Å². The molecule has 7 heteroatoms. The van der Waals surface area contributed by atoms with Gasteiger partial charge in [-0.25, -0.2) is 9.69 Å². The molecule has 2 amide bonds. The molecule has 140 valence electrons. The van der Waals surface area contributed by atoms with Gasteiger partial charge in [-0.3, -0.25) is 9.59 Å². The maximum atomic E-state index is 12.8. The lowest BCUT2D eigenvalue weighted by Gasteiger charge is -2.17. The van der Waals surface area contributed by atoms with Gasteiger partial charge in [0.25, 0.3) is 0 Å². The molecule has 1 aliphatic rings. The molecule has 0 aliphatic carbocycles. The van der Waals surface area contributed by atoms with Crippen LogP contribution in [0.15, 0.2) is 53.4 Å². The Labute approximate surface area is 162 Å². The van der Waals surface area contributed by atoms with Crippen LogP contribution in [0.2, 0.25) is 0 Å². The summed E-state index contributed by atoms with van der Waals surface area (Å²) in [6.45, 7) is 0. The Hall–Kier alpha value is -2.80. The van der Waals surface area contributed by atoms with Crippen molar-refractivity contribution >= 4 is 40.9 Å². The van der Waals surface area contributed by atoms with E-state index in [4.69, 9.17) is 4.74 Å². The Morgan fingerprint density at radius 2 is 1.78 bits per heavy atom. The second-order valence-corrected chi connectivity index (χ2v) is 7.52. The first-order valence-corrected chi connectivity index (χ1v) is 9.28. The van der Waals surface area contributed by atoms with E-state index < -0.39 is 11.2 Å². The van der Waals surface area contributed by atoms with Crippen LogP contribution in [0.5, 0.6) is 0 Å². The summed E-state index contributed by atoms with van der Waals surface area (Å²) < 4.78 is 4.79. The van der Waals surface area contributed by atoms with Crippen LogP contribution in [0.3, 0.4) is 0 Å². The number of benzene rings is 2. The van der Waals surface area contributed by atoms with Crippen LogP contribution in [-0.4, -0.2) is 44.2 Å². The van der Waals surface area contributed by atoms with E-state index in [-0.39, 0.29) is 18.2 Å². The largest absolute Gasteiger partial charge is 0.465 e. The van der Waals surface area contributed by atoms with Gasteiger partial charge < -0.3 is 9.64 Å². The summed E-state index contributed by atoms with van der Waals surface area (Å²) in [5.41, 5.74) is 1.93. The monoisotopic (exact) mass is 384 g/mol. The van der Waals surface area contributed by atoms with E-state index in [2.05, 4.69) is 0 Å². The molecular weight excluding hydrogens is 364 g/mol. The third kappa shape index (κ3) is 3.83. The zero-order valence-electron chi connectivity index (χ0n) is 15.3. The molecule has 1 aliphatic heterocycles. The van der Waals surface area contributed by atoms with Gasteiger partial charge in [0.2, 0.25) is 11.8 Å². The van der Waals surface area contributed by atoms with Crippen LogP contribution < -0.4 is 9.80 Å². The molecule has 0 saturated carbocycles. The number of hydrogen-bond donors (Lipinski definition) is 0. The molecule has 0 radical (unpaired) electrons. The summed E-state index contributed by atoms with van der Waals surface area (Å²) in [5.74, 6) is -0.987. The maximum absolute atomic E-state index is 12.8. The van der Waals surface area contributed by atoms with E-state index in [9.17, 15) is 14.4 Å². The summed E-state index contributed by atoms with van der Waals surface area (Å²) in [6.07, 6.45) is 0.0917. The van der Waals surface area contributed by atoms with Crippen molar-refractivity contribution in [3.8, 4) is 0 Å². The first kappa shape index (κ1) is 19.0. The van der Waals surface area contributed by atoms with Gasteiger partial charge in [-0.1, -0.05) is 12.1 Å². The third-order valence-corrected chi connectivity index (χ3v) is 5.55. The highest BCUT2D eigenvalue weighted by Crippen LogP contribution is 2.36. The maximum Gasteiger partial charge on any atom is 0.338 e. The van der Waals surface area contributed by atoms with Crippen molar-refractivity contribution < 1.29 is 19.1 Å². The molecule has 27 heavy (non-hydrogen) atoms. The van der Waals surface area contributed by atoms with Gasteiger partial charge in [0.1, 0.15) is 0 Å². The van der Waals surface area contributed by atoms with E-state index in [1.165, 1.54) is 23.8 Å². The minimum atomic E-state index is -0.572. The number of esters is 1. The van der Waals surface area contributed by atoms with Gasteiger partial charge in [-0.05, 0) is 36.4 Å². The van der Waals surface area contributed by atoms with Crippen molar-refractivity contribution in [2.75, 3.05) is 31.0 Å². The molecule has 6 nitrogen and oxygen atoms in total. The fourth-order valence-electron chi connectivity index (χ4n) is 2.87. The van der Waals surface area contributed by atoms with Crippen molar-refractivity contribution in [1.82, 2.24) is 0 Å². The molecular formula is C20H20N2O4S. The minimum absolute atomic E-state index is 0.0917. The lowest BCUT2D eigenvalue weighted by Crippen LogP contribution is -2.31. The second-order valence-electron chi connectivity index (χ2n) is 6.28. The Morgan fingerprint density at radius 1 is 1.11 bits per heavy atom. The fraction of sp³-hybridized carbons (Fsp3) is 0.250. The summed E-state index contributed by atoms with van der Waals surface area (Å²) >= 11 is 1.22. The van der Waals surface area contributed by atoms with Crippen molar-refractivity contribution in [1.29, 1.82) is 0 Å².